The van der Waals surface area contributed by atoms with Crippen molar-refractivity contribution >= 4 is 22.7 Å². The van der Waals surface area contributed by atoms with Gasteiger partial charge in [-0.2, -0.15) is 26.3 Å². The van der Waals surface area contributed by atoms with Gasteiger partial charge in [-0.3, -0.25) is 0 Å². The molecule has 0 atom stereocenters. The third-order valence-electron chi connectivity index (χ3n) is 5.21. The summed E-state index contributed by atoms with van der Waals surface area (Å²) in [7, 11) is 0. The number of benzene rings is 4. The molecule has 0 spiro atoms. The van der Waals surface area contributed by atoms with Crippen molar-refractivity contribution in [1.29, 1.82) is 0 Å². The minimum atomic E-state index is -4.45. The van der Waals surface area contributed by atoms with Crippen LogP contribution in [0.3, 0.4) is 0 Å². The van der Waals surface area contributed by atoms with Gasteiger partial charge in [-0.25, -0.2) is 0 Å². The van der Waals surface area contributed by atoms with Gasteiger partial charge in [0.05, 0.1) is 11.1 Å². The third kappa shape index (κ3) is 7.31. The molecule has 4 aromatic rings. The first-order chi connectivity index (χ1) is 16.8. The zero-order chi connectivity index (χ0) is 26.7. The van der Waals surface area contributed by atoms with Gasteiger partial charge < -0.3 is 28.4 Å². The Labute approximate surface area is 208 Å². The number of alkyl halides is 6. The first-order valence-corrected chi connectivity index (χ1v) is 10.4. The summed E-state index contributed by atoms with van der Waals surface area (Å²) in [5.74, 6) is 0. The molecule has 0 aliphatic heterocycles. The molecule has 0 heterocycles. The molecule has 0 amide bonds. The van der Waals surface area contributed by atoms with Gasteiger partial charge in [0.2, 0.25) is 0 Å². The Balaban J connectivity index is 0.000000253. The van der Waals surface area contributed by atoms with E-state index in [2.05, 4.69) is 0 Å². The Morgan fingerprint density at radius 2 is 0.676 bits per heavy atom. The fourth-order valence-corrected chi connectivity index (χ4v) is 3.31. The van der Waals surface area contributed by atoms with Gasteiger partial charge >= 0.3 is 12.4 Å². The SMILES string of the molecule is Nc1ccc(-c2ccc(N)c(C(F)(F)F)c2)cc1.Nc1ccc(-c2ccc(N)c(C(F)(F)F)c2)cc1.O. The lowest BCUT2D eigenvalue weighted by molar-refractivity contribution is -0.137. The lowest BCUT2D eigenvalue weighted by Crippen LogP contribution is -2.08. The summed E-state index contributed by atoms with van der Waals surface area (Å²) in [5, 5.41) is 0. The number of hydrogen-bond acceptors (Lipinski definition) is 4. The minimum absolute atomic E-state index is 0. The predicted octanol–water partition coefficient (Wildman–Crippen LogP) is 6.25. The lowest BCUT2D eigenvalue weighted by Gasteiger charge is -2.12. The number of nitrogen functional groups attached to an aromatic ring is 4. The maximum Gasteiger partial charge on any atom is 0.418 e. The van der Waals surface area contributed by atoms with Gasteiger partial charge in [-0.1, -0.05) is 36.4 Å². The monoisotopic (exact) mass is 522 g/mol. The van der Waals surface area contributed by atoms with Crippen LogP contribution in [-0.2, 0) is 12.4 Å². The highest BCUT2D eigenvalue weighted by Gasteiger charge is 2.34. The van der Waals surface area contributed by atoms with E-state index in [4.69, 9.17) is 22.9 Å². The molecule has 0 unspecified atom stereocenters. The van der Waals surface area contributed by atoms with Crippen LogP contribution < -0.4 is 22.9 Å². The molecule has 4 aromatic carbocycles. The van der Waals surface area contributed by atoms with Crippen molar-refractivity contribution < 1.29 is 31.8 Å². The van der Waals surface area contributed by atoms with Crippen LogP contribution in [0.4, 0.5) is 49.1 Å². The highest BCUT2D eigenvalue weighted by Crippen LogP contribution is 2.37. The molecule has 0 aromatic heterocycles. The van der Waals surface area contributed by atoms with E-state index in [1.165, 1.54) is 12.1 Å². The second-order valence-corrected chi connectivity index (χ2v) is 7.84. The maximum absolute atomic E-state index is 12.7. The Kier molecular flexibility index (Phi) is 8.68. The summed E-state index contributed by atoms with van der Waals surface area (Å²) < 4.78 is 76.3. The number of rotatable bonds is 2. The van der Waals surface area contributed by atoms with Crippen LogP contribution in [0.5, 0.6) is 0 Å². The van der Waals surface area contributed by atoms with Crippen molar-refractivity contribution in [1.82, 2.24) is 0 Å². The van der Waals surface area contributed by atoms with E-state index < -0.39 is 23.5 Å². The van der Waals surface area contributed by atoms with Crippen LogP contribution in [0.1, 0.15) is 11.1 Å². The smallest absolute Gasteiger partial charge is 0.412 e. The van der Waals surface area contributed by atoms with Crippen molar-refractivity contribution in [2.75, 3.05) is 22.9 Å². The Bertz CT molecular complexity index is 1230. The predicted molar refractivity (Wildman–Crippen MR) is 135 cm³/mol. The standard InChI is InChI=1S/2C13H11F3N2.H2O/c2*14-13(15,16)11-7-9(3-6-12(11)18)8-1-4-10(17)5-2-8;/h2*1-7H,17-18H2;1H2. The topological polar surface area (TPSA) is 136 Å². The van der Waals surface area contributed by atoms with Crippen LogP contribution in [0.25, 0.3) is 22.3 Å². The van der Waals surface area contributed by atoms with Gasteiger partial charge in [0, 0.05) is 22.7 Å². The zero-order valence-corrected chi connectivity index (χ0v) is 19.2. The van der Waals surface area contributed by atoms with Gasteiger partial charge in [0.1, 0.15) is 0 Å². The summed E-state index contributed by atoms with van der Waals surface area (Å²) in [6, 6.07) is 20.9. The summed E-state index contributed by atoms with van der Waals surface area (Å²) in [6.07, 6.45) is -8.90. The minimum Gasteiger partial charge on any atom is -0.412 e. The van der Waals surface area contributed by atoms with E-state index in [9.17, 15) is 26.3 Å². The van der Waals surface area contributed by atoms with Crippen LogP contribution in [0.15, 0.2) is 84.9 Å². The summed E-state index contributed by atoms with van der Waals surface area (Å²) in [5.41, 5.74) is 22.9. The van der Waals surface area contributed by atoms with E-state index in [1.54, 1.807) is 60.7 Å². The van der Waals surface area contributed by atoms with Crippen molar-refractivity contribution in [2.45, 2.75) is 12.4 Å². The maximum atomic E-state index is 12.7. The molecule has 196 valence electrons. The van der Waals surface area contributed by atoms with E-state index >= 15 is 0 Å². The van der Waals surface area contributed by atoms with E-state index in [0.717, 1.165) is 12.1 Å². The average Bonchev–Trinajstić information content (AvgIpc) is 2.80. The number of nitrogens with two attached hydrogens (primary N) is 4. The van der Waals surface area contributed by atoms with Crippen LogP contribution in [-0.4, -0.2) is 5.48 Å². The summed E-state index contributed by atoms with van der Waals surface area (Å²) in [4.78, 5) is 0. The first kappa shape index (κ1) is 28.9. The Morgan fingerprint density at radius 3 is 0.946 bits per heavy atom. The molecule has 0 aliphatic rings. The van der Waals surface area contributed by atoms with Gasteiger partial charge in [-0.15, -0.1) is 0 Å². The fraction of sp³-hybridized carbons (Fsp3) is 0.0769. The lowest BCUT2D eigenvalue weighted by atomic mass is 10.0. The number of halogens is 6. The largest absolute Gasteiger partial charge is 0.418 e. The van der Waals surface area contributed by atoms with Crippen LogP contribution >= 0.6 is 0 Å². The summed E-state index contributed by atoms with van der Waals surface area (Å²) in [6.45, 7) is 0. The van der Waals surface area contributed by atoms with Gasteiger partial charge in [-0.05, 0) is 70.8 Å². The van der Waals surface area contributed by atoms with Crippen molar-refractivity contribution in [2.24, 2.45) is 0 Å². The van der Waals surface area contributed by atoms with E-state index in [0.29, 0.717) is 33.6 Å². The van der Waals surface area contributed by atoms with Crippen molar-refractivity contribution in [3.8, 4) is 22.3 Å². The molecule has 0 saturated carbocycles. The zero-order valence-electron chi connectivity index (χ0n) is 19.2. The highest BCUT2D eigenvalue weighted by molar-refractivity contribution is 5.70. The average molecular weight is 522 g/mol. The fourth-order valence-electron chi connectivity index (χ4n) is 3.31. The third-order valence-corrected chi connectivity index (χ3v) is 5.21. The summed E-state index contributed by atoms with van der Waals surface area (Å²) >= 11 is 0. The second-order valence-electron chi connectivity index (χ2n) is 7.84. The number of anilines is 4. The van der Waals surface area contributed by atoms with Gasteiger partial charge in [0.15, 0.2) is 0 Å². The molecule has 0 bridgehead atoms. The normalized spacial score (nSPS) is 11.2. The highest BCUT2D eigenvalue weighted by atomic mass is 19.4. The van der Waals surface area contributed by atoms with Crippen LogP contribution in [0.2, 0.25) is 0 Å². The molecular formula is C26H24F6N4O. The molecule has 10 N–H and O–H groups in total. The van der Waals surface area contributed by atoms with Gasteiger partial charge in [0.25, 0.3) is 0 Å². The number of hydrogen-bond donors (Lipinski definition) is 4. The molecule has 0 fully saturated rings. The van der Waals surface area contributed by atoms with Crippen molar-refractivity contribution in [3.63, 3.8) is 0 Å². The van der Waals surface area contributed by atoms with E-state index in [1.807, 2.05) is 0 Å². The second kappa shape index (κ2) is 11.1. The van der Waals surface area contributed by atoms with Crippen LogP contribution in [0, 0.1) is 0 Å². The molecule has 4 rings (SSSR count). The Hall–Kier alpha value is -4.38. The first-order valence-electron chi connectivity index (χ1n) is 10.4. The molecule has 5 nitrogen and oxygen atoms in total. The molecule has 11 heteroatoms. The Morgan fingerprint density at radius 1 is 0.405 bits per heavy atom. The molecule has 37 heavy (non-hydrogen) atoms. The van der Waals surface area contributed by atoms with Crippen molar-refractivity contribution in [3.05, 3.63) is 96.1 Å². The van der Waals surface area contributed by atoms with E-state index in [-0.39, 0.29) is 16.9 Å². The molecular weight excluding hydrogens is 498 g/mol. The molecule has 0 saturated heterocycles. The molecule has 0 aliphatic carbocycles. The molecule has 0 radical (unpaired) electrons. The quantitative estimate of drug-likeness (QED) is 0.183.